The molecule has 2 heterocycles. The molecule has 0 unspecified atom stereocenters. The summed E-state index contributed by atoms with van der Waals surface area (Å²) in [5.74, 6) is -0.311. The van der Waals surface area contributed by atoms with Crippen molar-refractivity contribution in [3.63, 3.8) is 0 Å². The van der Waals surface area contributed by atoms with Gasteiger partial charge in [0.2, 0.25) is 10.0 Å². The summed E-state index contributed by atoms with van der Waals surface area (Å²) in [6, 6.07) is 14.1. The maximum atomic E-state index is 12.7. The highest BCUT2D eigenvalue weighted by Gasteiger charge is 2.27. The Bertz CT molecular complexity index is 961. The molecular weight excluding hydrogens is 386 g/mol. The molecule has 2 saturated heterocycles. The predicted molar refractivity (Wildman–Crippen MR) is 115 cm³/mol. The molecule has 0 aliphatic carbocycles. The van der Waals surface area contributed by atoms with Crippen molar-refractivity contribution in [2.75, 3.05) is 36.4 Å². The highest BCUT2D eigenvalue weighted by Crippen LogP contribution is 2.24. The minimum Gasteiger partial charge on any atom is -0.372 e. The summed E-state index contributed by atoms with van der Waals surface area (Å²) in [5.41, 5.74) is 2.20. The molecule has 0 spiro atoms. The Labute approximate surface area is 172 Å². The lowest BCUT2D eigenvalue weighted by Crippen LogP contribution is -2.29. The molecule has 0 bridgehead atoms. The first-order valence-electron chi connectivity index (χ1n) is 10.3. The zero-order chi connectivity index (χ0) is 20.3. The molecule has 0 radical (unpaired) electrons. The molecule has 2 aliphatic heterocycles. The highest BCUT2D eigenvalue weighted by molar-refractivity contribution is 7.89. The zero-order valence-corrected chi connectivity index (χ0v) is 17.3. The van der Waals surface area contributed by atoms with E-state index in [-0.39, 0.29) is 10.8 Å². The van der Waals surface area contributed by atoms with E-state index in [1.165, 1.54) is 35.3 Å². The Morgan fingerprint density at radius 2 is 1.48 bits per heavy atom. The number of carbonyl (C=O) groups is 1. The molecule has 6 nitrogen and oxygen atoms in total. The van der Waals surface area contributed by atoms with Crippen LogP contribution in [0.5, 0.6) is 0 Å². The quantitative estimate of drug-likeness (QED) is 0.811. The van der Waals surface area contributed by atoms with Crippen molar-refractivity contribution in [3.05, 3.63) is 54.1 Å². The number of piperidine rings is 1. The average molecular weight is 414 g/mol. The molecule has 154 valence electrons. The van der Waals surface area contributed by atoms with Gasteiger partial charge in [-0.1, -0.05) is 6.07 Å². The third kappa shape index (κ3) is 4.46. The summed E-state index contributed by atoms with van der Waals surface area (Å²) >= 11 is 0. The van der Waals surface area contributed by atoms with Crippen molar-refractivity contribution in [1.29, 1.82) is 0 Å². The molecule has 1 amide bonds. The predicted octanol–water partition coefficient (Wildman–Crippen LogP) is 3.71. The Balaban J connectivity index is 1.46. The fraction of sp³-hybridized carbons (Fsp3) is 0.409. The van der Waals surface area contributed by atoms with Gasteiger partial charge in [-0.3, -0.25) is 4.79 Å². The lowest BCUT2D eigenvalue weighted by molar-refractivity contribution is 0.102. The van der Waals surface area contributed by atoms with Gasteiger partial charge in [0.15, 0.2) is 0 Å². The van der Waals surface area contributed by atoms with Crippen molar-refractivity contribution in [2.45, 2.75) is 37.0 Å². The Kier molecular flexibility index (Phi) is 5.87. The van der Waals surface area contributed by atoms with Crippen LogP contribution in [0, 0.1) is 0 Å². The van der Waals surface area contributed by atoms with Gasteiger partial charge in [-0.05, 0) is 74.6 Å². The van der Waals surface area contributed by atoms with Gasteiger partial charge in [-0.2, -0.15) is 4.31 Å². The van der Waals surface area contributed by atoms with E-state index >= 15 is 0 Å². The first-order valence-corrected chi connectivity index (χ1v) is 11.7. The summed E-state index contributed by atoms with van der Waals surface area (Å²) < 4.78 is 27.0. The molecular formula is C22H27N3O3S. The molecule has 0 saturated carbocycles. The van der Waals surface area contributed by atoms with Gasteiger partial charge in [-0.25, -0.2) is 8.42 Å². The lowest BCUT2D eigenvalue weighted by atomic mass is 10.1. The normalized spacial score (nSPS) is 18.0. The van der Waals surface area contributed by atoms with Crippen LogP contribution in [0.25, 0.3) is 0 Å². The van der Waals surface area contributed by atoms with E-state index in [1.54, 1.807) is 18.2 Å². The number of hydrogen-bond acceptors (Lipinski definition) is 4. The van der Waals surface area contributed by atoms with Gasteiger partial charge in [0, 0.05) is 43.1 Å². The Morgan fingerprint density at radius 3 is 2.17 bits per heavy atom. The largest absolute Gasteiger partial charge is 0.372 e. The first kappa shape index (κ1) is 19.9. The molecule has 7 heteroatoms. The Morgan fingerprint density at radius 1 is 0.828 bits per heavy atom. The summed E-state index contributed by atoms with van der Waals surface area (Å²) in [6.45, 7) is 3.23. The van der Waals surface area contributed by atoms with Crippen LogP contribution in [0.2, 0.25) is 0 Å². The van der Waals surface area contributed by atoms with Gasteiger partial charge in [-0.15, -0.1) is 0 Å². The molecule has 2 aromatic rings. The number of benzene rings is 2. The topological polar surface area (TPSA) is 69.7 Å². The van der Waals surface area contributed by atoms with Crippen molar-refractivity contribution in [3.8, 4) is 0 Å². The van der Waals surface area contributed by atoms with Gasteiger partial charge in [0.25, 0.3) is 5.91 Å². The van der Waals surface area contributed by atoms with E-state index in [9.17, 15) is 13.2 Å². The molecule has 0 aromatic heterocycles. The van der Waals surface area contributed by atoms with Crippen molar-refractivity contribution < 1.29 is 13.2 Å². The molecule has 1 N–H and O–H groups in total. The van der Waals surface area contributed by atoms with E-state index in [2.05, 4.69) is 10.2 Å². The van der Waals surface area contributed by atoms with Crippen LogP contribution in [-0.4, -0.2) is 44.8 Å². The standard InChI is InChI=1S/C22H27N3O3S/c26-22(23-19-9-11-20(12-10-19)24-13-2-1-3-14-24)18-7-6-8-21(17-18)29(27,28)25-15-4-5-16-25/h6-12,17H,1-5,13-16H2,(H,23,26). The highest BCUT2D eigenvalue weighted by atomic mass is 32.2. The first-order chi connectivity index (χ1) is 14.0. The molecule has 29 heavy (non-hydrogen) atoms. The van der Waals surface area contributed by atoms with Gasteiger partial charge >= 0.3 is 0 Å². The number of hydrogen-bond donors (Lipinski definition) is 1. The fourth-order valence-electron chi connectivity index (χ4n) is 3.99. The van der Waals surface area contributed by atoms with Gasteiger partial charge in [0.05, 0.1) is 4.90 Å². The molecule has 2 fully saturated rings. The van der Waals surface area contributed by atoms with Crippen LogP contribution >= 0.6 is 0 Å². The number of anilines is 2. The lowest BCUT2D eigenvalue weighted by Gasteiger charge is -2.28. The minimum atomic E-state index is -3.54. The summed E-state index contributed by atoms with van der Waals surface area (Å²) in [5, 5.41) is 2.87. The fourth-order valence-corrected chi connectivity index (χ4v) is 5.55. The summed E-state index contributed by atoms with van der Waals surface area (Å²) in [7, 11) is -3.54. The molecule has 2 aromatic carbocycles. The van der Waals surface area contributed by atoms with Crippen LogP contribution in [0.4, 0.5) is 11.4 Å². The Hall–Kier alpha value is -2.38. The third-order valence-electron chi connectivity index (χ3n) is 5.65. The maximum Gasteiger partial charge on any atom is 0.255 e. The second-order valence-corrected chi connectivity index (χ2v) is 9.63. The second kappa shape index (κ2) is 8.55. The van der Waals surface area contributed by atoms with E-state index in [0.717, 1.165) is 25.9 Å². The van der Waals surface area contributed by atoms with Crippen LogP contribution in [0.1, 0.15) is 42.5 Å². The smallest absolute Gasteiger partial charge is 0.255 e. The van der Waals surface area contributed by atoms with E-state index < -0.39 is 10.0 Å². The minimum absolute atomic E-state index is 0.174. The summed E-state index contributed by atoms with van der Waals surface area (Å²) in [4.78, 5) is 15.2. The number of carbonyl (C=O) groups excluding carboxylic acids is 1. The number of nitrogens with one attached hydrogen (secondary N) is 1. The van der Waals surface area contributed by atoms with E-state index in [4.69, 9.17) is 0 Å². The van der Waals surface area contributed by atoms with Crippen LogP contribution in [-0.2, 0) is 10.0 Å². The average Bonchev–Trinajstić information content (AvgIpc) is 3.31. The van der Waals surface area contributed by atoms with Crippen LogP contribution in [0.3, 0.4) is 0 Å². The maximum absolute atomic E-state index is 12.7. The molecule has 4 rings (SSSR count). The van der Waals surface area contributed by atoms with Crippen molar-refractivity contribution >= 4 is 27.3 Å². The zero-order valence-electron chi connectivity index (χ0n) is 16.5. The van der Waals surface area contributed by atoms with Crippen molar-refractivity contribution in [1.82, 2.24) is 4.31 Å². The van der Waals surface area contributed by atoms with E-state index in [1.807, 2.05) is 24.3 Å². The van der Waals surface area contributed by atoms with E-state index in [0.29, 0.717) is 24.3 Å². The van der Waals surface area contributed by atoms with Gasteiger partial charge in [0.1, 0.15) is 0 Å². The van der Waals surface area contributed by atoms with Crippen LogP contribution < -0.4 is 10.2 Å². The number of nitrogens with zero attached hydrogens (tertiary/aromatic N) is 2. The number of amides is 1. The van der Waals surface area contributed by atoms with Crippen molar-refractivity contribution in [2.24, 2.45) is 0 Å². The monoisotopic (exact) mass is 413 g/mol. The third-order valence-corrected chi connectivity index (χ3v) is 7.54. The number of rotatable bonds is 5. The summed E-state index contributed by atoms with van der Waals surface area (Å²) in [6.07, 6.45) is 5.49. The SMILES string of the molecule is O=C(Nc1ccc(N2CCCCC2)cc1)c1cccc(S(=O)(=O)N2CCCC2)c1. The van der Waals surface area contributed by atoms with Crippen LogP contribution in [0.15, 0.2) is 53.4 Å². The molecule has 2 aliphatic rings. The second-order valence-electron chi connectivity index (χ2n) is 7.69. The van der Waals surface area contributed by atoms with Gasteiger partial charge < -0.3 is 10.2 Å². The molecule has 0 atom stereocenters. The number of sulfonamides is 1.